The van der Waals surface area contributed by atoms with Crippen molar-refractivity contribution < 1.29 is 0 Å². The standard InChI is InChI=1S/C13H18N2S.ClH/c14-8-4-3-6-12(15)11-9-16-13-7-2-1-5-10(11)13;/h1-2,5,7,9,12H,3-4,6,8,14-15H2;1H/t12-;/m1./s1. The van der Waals surface area contributed by atoms with Gasteiger partial charge in [0.15, 0.2) is 0 Å². The second-order valence-electron chi connectivity index (χ2n) is 4.08. The van der Waals surface area contributed by atoms with E-state index >= 15 is 0 Å². The van der Waals surface area contributed by atoms with Gasteiger partial charge in [-0.05, 0) is 41.8 Å². The summed E-state index contributed by atoms with van der Waals surface area (Å²) in [6.45, 7) is 0.761. The van der Waals surface area contributed by atoms with E-state index in [9.17, 15) is 0 Å². The average molecular weight is 271 g/mol. The summed E-state index contributed by atoms with van der Waals surface area (Å²) in [7, 11) is 0. The van der Waals surface area contributed by atoms with Crippen LogP contribution in [-0.2, 0) is 0 Å². The van der Waals surface area contributed by atoms with Gasteiger partial charge < -0.3 is 11.5 Å². The van der Waals surface area contributed by atoms with Gasteiger partial charge in [0.05, 0.1) is 0 Å². The van der Waals surface area contributed by atoms with Crippen molar-refractivity contribution in [3.8, 4) is 0 Å². The van der Waals surface area contributed by atoms with Crippen LogP contribution in [0.5, 0.6) is 0 Å². The molecular weight excluding hydrogens is 252 g/mol. The maximum Gasteiger partial charge on any atom is 0.0346 e. The highest BCUT2D eigenvalue weighted by Gasteiger charge is 2.10. The van der Waals surface area contributed by atoms with Gasteiger partial charge in [-0.25, -0.2) is 0 Å². The van der Waals surface area contributed by atoms with Gasteiger partial charge in [0.25, 0.3) is 0 Å². The Bertz CT molecular complexity index is 455. The van der Waals surface area contributed by atoms with Crippen LogP contribution in [0.25, 0.3) is 10.1 Å². The number of thiophene rings is 1. The summed E-state index contributed by atoms with van der Waals surface area (Å²) in [5, 5.41) is 3.50. The molecular formula is C13H19ClN2S. The summed E-state index contributed by atoms with van der Waals surface area (Å²) < 4.78 is 1.33. The molecule has 17 heavy (non-hydrogen) atoms. The van der Waals surface area contributed by atoms with E-state index in [0.29, 0.717) is 0 Å². The zero-order chi connectivity index (χ0) is 11.4. The van der Waals surface area contributed by atoms with E-state index in [1.807, 2.05) is 0 Å². The molecule has 0 saturated heterocycles. The number of rotatable bonds is 5. The number of hydrogen-bond donors (Lipinski definition) is 2. The summed E-state index contributed by atoms with van der Waals surface area (Å²) in [5.41, 5.74) is 13.0. The summed E-state index contributed by atoms with van der Waals surface area (Å²) in [6, 6.07) is 8.61. The lowest BCUT2D eigenvalue weighted by atomic mass is 10.0. The molecule has 4 N–H and O–H groups in total. The average Bonchev–Trinajstić information content (AvgIpc) is 2.73. The highest BCUT2D eigenvalue weighted by atomic mass is 35.5. The Kier molecular flexibility index (Phi) is 5.92. The summed E-state index contributed by atoms with van der Waals surface area (Å²) >= 11 is 1.78. The van der Waals surface area contributed by atoms with Crippen LogP contribution in [0.2, 0.25) is 0 Å². The van der Waals surface area contributed by atoms with E-state index in [-0.39, 0.29) is 18.4 Å². The van der Waals surface area contributed by atoms with Crippen molar-refractivity contribution in [3.63, 3.8) is 0 Å². The van der Waals surface area contributed by atoms with Crippen LogP contribution in [0.1, 0.15) is 30.9 Å². The van der Waals surface area contributed by atoms with E-state index in [0.717, 1.165) is 25.8 Å². The van der Waals surface area contributed by atoms with Crippen molar-refractivity contribution >= 4 is 33.8 Å². The fourth-order valence-electron chi connectivity index (χ4n) is 1.95. The van der Waals surface area contributed by atoms with Crippen LogP contribution in [0.3, 0.4) is 0 Å². The smallest absolute Gasteiger partial charge is 0.0346 e. The van der Waals surface area contributed by atoms with E-state index in [1.165, 1.54) is 15.6 Å². The highest BCUT2D eigenvalue weighted by molar-refractivity contribution is 7.17. The first-order valence-corrected chi connectivity index (χ1v) is 6.62. The van der Waals surface area contributed by atoms with Gasteiger partial charge in [-0.1, -0.05) is 24.6 Å². The van der Waals surface area contributed by atoms with Gasteiger partial charge in [-0.2, -0.15) is 0 Å². The quantitative estimate of drug-likeness (QED) is 0.818. The van der Waals surface area contributed by atoms with Crippen LogP contribution >= 0.6 is 23.7 Å². The largest absolute Gasteiger partial charge is 0.330 e. The van der Waals surface area contributed by atoms with Gasteiger partial charge >= 0.3 is 0 Å². The molecule has 0 radical (unpaired) electrons. The van der Waals surface area contributed by atoms with Crippen molar-refractivity contribution in [3.05, 3.63) is 35.2 Å². The monoisotopic (exact) mass is 270 g/mol. The fourth-order valence-corrected chi connectivity index (χ4v) is 2.98. The first kappa shape index (κ1) is 14.5. The Morgan fingerprint density at radius 2 is 1.94 bits per heavy atom. The minimum absolute atomic E-state index is 0. The predicted molar refractivity (Wildman–Crippen MR) is 78.9 cm³/mol. The molecule has 0 spiro atoms. The van der Waals surface area contributed by atoms with E-state index in [2.05, 4.69) is 29.6 Å². The Morgan fingerprint density at radius 3 is 2.71 bits per heavy atom. The normalized spacial score (nSPS) is 12.4. The molecule has 0 saturated carbocycles. The van der Waals surface area contributed by atoms with Crippen molar-refractivity contribution in [1.29, 1.82) is 0 Å². The molecule has 0 amide bonds. The van der Waals surface area contributed by atoms with E-state index < -0.39 is 0 Å². The van der Waals surface area contributed by atoms with Crippen LogP contribution in [0.4, 0.5) is 0 Å². The molecule has 2 nitrogen and oxygen atoms in total. The number of hydrogen-bond acceptors (Lipinski definition) is 3. The number of halogens is 1. The highest BCUT2D eigenvalue weighted by Crippen LogP contribution is 2.30. The third-order valence-corrected chi connectivity index (χ3v) is 3.86. The summed E-state index contributed by atoms with van der Waals surface area (Å²) in [6.07, 6.45) is 3.20. The van der Waals surface area contributed by atoms with E-state index in [4.69, 9.17) is 11.5 Å². The zero-order valence-corrected chi connectivity index (χ0v) is 11.4. The Labute approximate surface area is 112 Å². The molecule has 0 aliphatic rings. The second kappa shape index (κ2) is 6.97. The molecule has 94 valence electrons. The molecule has 2 aromatic rings. The second-order valence-corrected chi connectivity index (χ2v) is 4.99. The Morgan fingerprint density at radius 1 is 1.18 bits per heavy atom. The minimum atomic E-state index is 0. The fraction of sp³-hybridized carbons (Fsp3) is 0.385. The molecule has 0 fully saturated rings. The van der Waals surface area contributed by atoms with Gasteiger partial charge in [0.2, 0.25) is 0 Å². The lowest BCUT2D eigenvalue weighted by Crippen LogP contribution is -2.10. The molecule has 1 aromatic heterocycles. The van der Waals surface area contributed by atoms with E-state index in [1.54, 1.807) is 11.3 Å². The Hall–Kier alpha value is -0.610. The molecule has 1 heterocycles. The number of fused-ring (bicyclic) bond motifs is 1. The number of benzene rings is 1. The van der Waals surface area contributed by atoms with Crippen molar-refractivity contribution in [1.82, 2.24) is 0 Å². The SMILES string of the molecule is Cl.NCCCC[C@@H](N)c1csc2ccccc12. The molecule has 1 aromatic carbocycles. The van der Waals surface area contributed by atoms with Crippen molar-refractivity contribution in [2.75, 3.05) is 6.54 Å². The minimum Gasteiger partial charge on any atom is -0.330 e. The van der Waals surface area contributed by atoms with Gasteiger partial charge in [-0.3, -0.25) is 0 Å². The van der Waals surface area contributed by atoms with Gasteiger partial charge in [0, 0.05) is 10.7 Å². The maximum atomic E-state index is 6.21. The molecule has 0 unspecified atom stereocenters. The van der Waals surface area contributed by atoms with Gasteiger partial charge in [-0.15, -0.1) is 23.7 Å². The summed E-state index contributed by atoms with van der Waals surface area (Å²) in [5.74, 6) is 0. The molecule has 0 aliphatic heterocycles. The van der Waals surface area contributed by atoms with Gasteiger partial charge in [0.1, 0.15) is 0 Å². The molecule has 0 bridgehead atoms. The number of nitrogens with two attached hydrogens (primary N) is 2. The van der Waals surface area contributed by atoms with Crippen LogP contribution in [0.15, 0.2) is 29.6 Å². The predicted octanol–water partition coefficient (Wildman–Crippen LogP) is 3.45. The molecule has 2 rings (SSSR count). The lowest BCUT2D eigenvalue weighted by Gasteiger charge is -2.10. The first-order chi connectivity index (χ1) is 7.83. The van der Waals surface area contributed by atoms with Crippen LogP contribution < -0.4 is 11.5 Å². The van der Waals surface area contributed by atoms with Crippen LogP contribution in [0, 0.1) is 0 Å². The topological polar surface area (TPSA) is 52.0 Å². The molecule has 0 aliphatic carbocycles. The number of unbranched alkanes of at least 4 members (excludes halogenated alkanes) is 1. The maximum absolute atomic E-state index is 6.21. The Balaban J connectivity index is 0.00000144. The zero-order valence-electron chi connectivity index (χ0n) is 9.76. The third kappa shape index (κ3) is 3.42. The lowest BCUT2D eigenvalue weighted by molar-refractivity contribution is 0.595. The first-order valence-electron chi connectivity index (χ1n) is 5.74. The van der Waals surface area contributed by atoms with Crippen LogP contribution in [-0.4, -0.2) is 6.54 Å². The molecule has 1 atom stereocenters. The third-order valence-electron chi connectivity index (χ3n) is 2.88. The van der Waals surface area contributed by atoms with Crippen molar-refractivity contribution in [2.24, 2.45) is 11.5 Å². The van der Waals surface area contributed by atoms with Crippen molar-refractivity contribution in [2.45, 2.75) is 25.3 Å². The molecule has 4 heteroatoms. The summed E-state index contributed by atoms with van der Waals surface area (Å²) in [4.78, 5) is 0.